The molecular formula is C21H21ClFNO2. The molecule has 0 N–H and O–H groups in total. The van der Waals surface area contributed by atoms with E-state index in [9.17, 15) is 9.18 Å². The highest BCUT2D eigenvalue weighted by atomic mass is 35.5. The molecule has 5 heteroatoms. The molecule has 2 aromatic carbocycles. The van der Waals surface area contributed by atoms with Crippen LogP contribution in [0.3, 0.4) is 0 Å². The van der Waals surface area contributed by atoms with Gasteiger partial charge < -0.3 is 9.64 Å². The summed E-state index contributed by atoms with van der Waals surface area (Å²) in [4.78, 5) is 14.7. The zero-order valence-corrected chi connectivity index (χ0v) is 15.2. The molecule has 2 aromatic rings. The van der Waals surface area contributed by atoms with Gasteiger partial charge >= 0.3 is 0 Å². The molecule has 0 spiro atoms. The second-order valence-electron chi connectivity index (χ2n) is 7.01. The third-order valence-corrected chi connectivity index (χ3v) is 5.70. The van der Waals surface area contributed by atoms with E-state index in [1.54, 1.807) is 12.1 Å². The molecule has 2 aliphatic rings. The SMILES string of the molecule is O=C(CC1CCc2ccccc21)N1CCOC(c2ccc(F)c(Cl)c2)C1. The molecule has 4 rings (SSSR count). The minimum Gasteiger partial charge on any atom is -0.370 e. The van der Waals surface area contributed by atoms with Crippen molar-refractivity contribution in [2.24, 2.45) is 0 Å². The number of carbonyl (C=O) groups is 1. The topological polar surface area (TPSA) is 29.5 Å². The van der Waals surface area contributed by atoms with Crippen molar-refractivity contribution in [3.05, 3.63) is 70.0 Å². The molecule has 2 unspecified atom stereocenters. The number of fused-ring (bicyclic) bond motifs is 1. The van der Waals surface area contributed by atoms with Crippen LogP contribution in [0.15, 0.2) is 42.5 Å². The highest BCUT2D eigenvalue weighted by Gasteiger charge is 2.30. The Hall–Kier alpha value is -1.91. The van der Waals surface area contributed by atoms with Gasteiger partial charge in [0.05, 0.1) is 18.2 Å². The maximum absolute atomic E-state index is 13.4. The Bertz CT molecular complexity index is 825. The Morgan fingerprint density at radius 3 is 2.96 bits per heavy atom. The summed E-state index contributed by atoms with van der Waals surface area (Å²) in [5, 5.41) is 0.0807. The first-order chi connectivity index (χ1) is 12.6. The molecule has 1 aliphatic carbocycles. The van der Waals surface area contributed by atoms with Crippen molar-refractivity contribution in [3.8, 4) is 0 Å². The number of halogens is 2. The second-order valence-corrected chi connectivity index (χ2v) is 7.42. The van der Waals surface area contributed by atoms with Gasteiger partial charge in [-0.3, -0.25) is 4.79 Å². The van der Waals surface area contributed by atoms with E-state index in [1.165, 1.54) is 17.2 Å². The summed E-state index contributed by atoms with van der Waals surface area (Å²) in [7, 11) is 0. The third kappa shape index (κ3) is 3.49. The van der Waals surface area contributed by atoms with E-state index >= 15 is 0 Å². The van der Waals surface area contributed by atoms with Crippen LogP contribution in [-0.2, 0) is 16.0 Å². The first kappa shape index (κ1) is 17.5. The van der Waals surface area contributed by atoms with Crippen molar-refractivity contribution >= 4 is 17.5 Å². The first-order valence-electron chi connectivity index (χ1n) is 9.04. The van der Waals surface area contributed by atoms with Gasteiger partial charge in [-0.25, -0.2) is 4.39 Å². The third-order valence-electron chi connectivity index (χ3n) is 5.41. The number of aryl methyl sites for hydroxylation is 1. The van der Waals surface area contributed by atoms with Crippen LogP contribution in [0, 0.1) is 5.82 Å². The van der Waals surface area contributed by atoms with Crippen molar-refractivity contribution < 1.29 is 13.9 Å². The number of nitrogens with zero attached hydrogens (tertiary/aromatic N) is 1. The number of morpholine rings is 1. The van der Waals surface area contributed by atoms with Crippen molar-refractivity contribution in [1.82, 2.24) is 4.90 Å². The molecule has 136 valence electrons. The fraction of sp³-hybridized carbons (Fsp3) is 0.381. The molecule has 1 saturated heterocycles. The van der Waals surface area contributed by atoms with E-state index in [-0.39, 0.29) is 17.0 Å². The Kier molecular flexibility index (Phi) is 4.96. The zero-order chi connectivity index (χ0) is 18.1. The molecule has 1 aliphatic heterocycles. The molecule has 1 heterocycles. The maximum atomic E-state index is 13.4. The molecule has 0 bridgehead atoms. The predicted molar refractivity (Wildman–Crippen MR) is 98.8 cm³/mol. The maximum Gasteiger partial charge on any atom is 0.223 e. The van der Waals surface area contributed by atoms with Crippen LogP contribution in [0.25, 0.3) is 0 Å². The normalized spacial score (nSPS) is 22.3. The number of amides is 1. The summed E-state index contributed by atoms with van der Waals surface area (Å²) in [6, 6.07) is 13.0. The van der Waals surface area contributed by atoms with Gasteiger partial charge in [0.25, 0.3) is 0 Å². The largest absolute Gasteiger partial charge is 0.370 e. The minimum absolute atomic E-state index is 0.0807. The molecule has 2 atom stereocenters. The Morgan fingerprint density at radius 2 is 2.12 bits per heavy atom. The summed E-state index contributed by atoms with van der Waals surface area (Å²) in [5.41, 5.74) is 3.49. The van der Waals surface area contributed by atoms with Crippen LogP contribution < -0.4 is 0 Å². The molecule has 1 fully saturated rings. The van der Waals surface area contributed by atoms with E-state index < -0.39 is 5.82 Å². The second kappa shape index (κ2) is 7.37. The van der Waals surface area contributed by atoms with Crippen LogP contribution in [0.5, 0.6) is 0 Å². The standard InChI is InChI=1S/C21H21ClFNO2/c22-18-11-16(7-8-19(18)23)20-13-24(9-10-26-20)21(25)12-15-6-5-14-3-1-2-4-17(14)15/h1-4,7-8,11,15,20H,5-6,9-10,12-13H2. The van der Waals surface area contributed by atoms with E-state index in [1.807, 2.05) is 11.0 Å². The first-order valence-corrected chi connectivity index (χ1v) is 9.42. The van der Waals surface area contributed by atoms with Crippen molar-refractivity contribution in [2.75, 3.05) is 19.7 Å². The quantitative estimate of drug-likeness (QED) is 0.792. The van der Waals surface area contributed by atoms with Crippen LogP contribution >= 0.6 is 11.6 Å². The molecule has 0 radical (unpaired) electrons. The lowest BCUT2D eigenvalue weighted by atomic mass is 9.97. The van der Waals surface area contributed by atoms with Crippen molar-refractivity contribution in [3.63, 3.8) is 0 Å². The average Bonchev–Trinajstić information content (AvgIpc) is 3.07. The van der Waals surface area contributed by atoms with Crippen LogP contribution in [-0.4, -0.2) is 30.5 Å². The fourth-order valence-corrected chi connectivity index (χ4v) is 4.18. The van der Waals surface area contributed by atoms with Gasteiger partial charge in [-0.2, -0.15) is 0 Å². The van der Waals surface area contributed by atoms with E-state index in [0.29, 0.717) is 32.0 Å². The highest BCUT2D eigenvalue weighted by Crippen LogP contribution is 2.36. The summed E-state index contributed by atoms with van der Waals surface area (Å²) in [5.74, 6) is 0.0209. The van der Waals surface area contributed by atoms with E-state index in [4.69, 9.17) is 16.3 Å². The number of carbonyl (C=O) groups excluding carboxylic acids is 1. The Balaban J connectivity index is 1.43. The summed E-state index contributed by atoms with van der Waals surface area (Å²) in [6.07, 6.45) is 2.36. The lowest BCUT2D eigenvalue weighted by Gasteiger charge is -2.34. The van der Waals surface area contributed by atoms with Crippen LogP contribution in [0.4, 0.5) is 4.39 Å². The summed E-state index contributed by atoms with van der Waals surface area (Å²) in [6.45, 7) is 1.56. The number of hydrogen-bond acceptors (Lipinski definition) is 2. The van der Waals surface area contributed by atoms with E-state index in [2.05, 4.69) is 18.2 Å². The van der Waals surface area contributed by atoms with Crippen LogP contribution in [0.1, 0.15) is 41.6 Å². The van der Waals surface area contributed by atoms with Crippen molar-refractivity contribution in [2.45, 2.75) is 31.3 Å². The van der Waals surface area contributed by atoms with Gasteiger partial charge in [-0.15, -0.1) is 0 Å². The number of benzene rings is 2. The molecule has 1 amide bonds. The van der Waals surface area contributed by atoms with Crippen LogP contribution in [0.2, 0.25) is 5.02 Å². The predicted octanol–water partition coefficient (Wildman–Crippen LogP) is 4.50. The lowest BCUT2D eigenvalue weighted by Crippen LogP contribution is -2.42. The summed E-state index contributed by atoms with van der Waals surface area (Å²) < 4.78 is 19.2. The average molecular weight is 374 g/mol. The minimum atomic E-state index is -0.445. The molecule has 0 aromatic heterocycles. The van der Waals surface area contributed by atoms with Gasteiger partial charge in [-0.1, -0.05) is 41.9 Å². The van der Waals surface area contributed by atoms with E-state index in [0.717, 1.165) is 18.4 Å². The Labute approximate surface area is 157 Å². The number of rotatable bonds is 3. The molecule has 0 saturated carbocycles. The fourth-order valence-electron chi connectivity index (χ4n) is 3.99. The highest BCUT2D eigenvalue weighted by molar-refractivity contribution is 6.30. The summed E-state index contributed by atoms with van der Waals surface area (Å²) >= 11 is 5.88. The monoisotopic (exact) mass is 373 g/mol. The molecule has 26 heavy (non-hydrogen) atoms. The molecule has 3 nitrogen and oxygen atoms in total. The van der Waals surface area contributed by atoms with Gasteiger partial charge in [0.2, 0.25) is 5.91 Å². The smallest absolute Gasteiger partial charge is 0.223 e. The van der Waals surface area contributed by atoms with Gasteiger partial charge in [-0.05, 0) is 47.6 Å². The molecular weight excluding hydrogens is 353 g/mol. The van der Waals surface area contributed by atoms with Gasteiger partial charge in [0, 0.05) is 13.0 Å². The van der Waals surface area contributed by atoms with Gasteiger partial charge in [0.15, 0.2) is 0 Å². The Morgan fingerprint density at radius 1 is 1.27 bits per heavy atom. The number of hydrogen-bond donors (Lipinski definition) is 0. The van der Waals surface area contributed by atoms with Crippen molar-refractivity contribution in [1.29, 1.82) is 0 Å². The van der Waals surface area contributed by atoms with Gasteiger partial charge in [0.1, 0.15) is 11.9 Å². The zero-order valence-electron chi connectivity index (χ0n) is 14.5. The lowest BCUT2D eigenvalue weighted by molar-refractivity contribution is -0.139. The number of ether oxygens (including phenoxy) is 1.